The zero-order chi connectivity index (χ0) is 15.9. The Kier molecular flexibility index (Phi) is 3.19. The van der Waals surface area contributed by atoms with Crippen LogP contribution in [0.4, 0.5) is 19.0 Å². The molecule has 2 aromatic rings. The van der Waals surface area contributed by atoms with Crippen LogP contribution in [0.15, 0.2) is 17.4 Å². The van der Waals surface area contributed by atoms with Crippen LogP contribution in [-0.2, 0) is 12.7 Å². The molecule has 1 amide bonds. The monoisotopic (exact) mass is 313 g/mol. The van der Waals surface area contributed by atoms with E-state index in [4.69, 9.17) is 5.73 Å². The smallest absolute Gasteiger partial charge is 0.363 e. The summed E-state index contributed by atoms with van der Waals surface area (Å²) >= 11 is 0. The molecule has 2 aromatic heterocycles. The van der Waals surface area contributed by atoms with Crippen LogP contribution in [0.5, 0.6) is 0 Å². The summed E-state index contributed by atoms with van der Waals surface area (Å²) in [7, 11) is 0. The molecule has 3 rings (SSSR count). The molecular formula is C11H10F3N7O. The molecule has 3 heterocycles. The summed E-state index contributed by atoms with van der Waals surface area (Å²) in [5.41, 5.74) is 4.20. The molecule has 2 N–H and O–H groups in total. The van der Waals surface area contributed by atoms with Crippen LogP contribution >= 0.6 is 0 Å². The molecule has 0 aromatic carbocycles. The Bertz CT molecular complexity index is 745. The van der Waals surface area contributed by atoms with E-state index in [1.807, 2.05) is 0 Å². The van der Waals surface area contributed by atoms with Gasteiger partial charge in [0.15, 0.2) is 11.5 Å². The number of nitrogens with two attached hydrogens (primary N) is 1. The summed E-state index contributed by atoms with van der Waals surface area (Å²) in [6.45, 7) is 0.201. The molecule has 0 radical (unpaired) electrons. The van der Waals surface area contributed by atoms with Crippen LogP contribution < -0.4 is 5.73 Å². The molecule has 0 aliphatic carbocycles. The normalized spacial score (nSPS) is 18.0. The Hall–Kier alpha value is -2.72. The van der Waals surface area contributed by atoms with Gasteiger partial charge in [-0.05, 0) is 6.42 Å². The highest BCUT2D eigenvalue weighted by Crippen LogP contribution is 2.32. The van der Waals surface area contributed by atoms with Crippen LogP contribution in [0, 0.1) is 0 Å². The largest absolute Gasteiger partial charge is 0.435 e. The van der Waals surface area contributed by atoms with Crippen LogP contribution in [-0.4, -0.2) is 36.7 Å². The average Bonchev–Trinajstić information content (AvgIpc) is 3.02. The Morgan fingerprint density at radius 2 is 2.18 bits per heavy atom. The lowest BCUT2D eigenvalue weighted by Crippen LogP contribution is -2.22. The molecule has 1 aliphatic heterocycles. The van der Waals surface area contributed by atoms with E-state index in [-0.39, 0.29) is 18.2 Å². The summed E-state index contributed by atoms with van der Waals surface area (Å²) in [5, 5.41) is 10.7. The lowest BCUT2D eigenvalue weighted by Gasteiger charge is -2.12. The van der Waals surface area contributed by atoms with Crippen LogP contribution in [0.2, 0.25) is 0 Å². The van der Waals surface area contributed by atoms with Gasteiger partial charge in [0.1, 0.15) is 6.33 Å². The topological polar surface area (TPSA) is 104 Å². The number of alkyl halides is 3. The van der Waals surface area contributed by atoms with Crippen molar-refractivity contribution in [2.45, 2.75) is 25.2 Å². The first-order chi connectivity index (χ1) is 10.4. The lowest BCUT2D eigenvalue weighted by molar-refractivity contribution is -0.141. The molecule has 22 heavy (non-hydrogen) atoms. The fourth-order valence-corrected chi connectivity index (χ4v) is 2.18. The summed E-state index contributed by atoms with van der Waals surface area (Å²) in [5.74, 6) is -0.678. The number of carbonyl (C=O) groups is 1. The number of fused-ring (bicyclic) bond motifs is 1. The number of hydrogen-bond acceptors (Lipinski definition) is 5. The van der Waals surface area contributed by atoms with Gasteiger partial charge in [-0.15, -0.1) is 10.2 Å². The van der Waals surface area contributed by atoms with Crippen molar-refractivity contribution >= 4 is 17.9 Å². The Labute approximate surface area is 121 Å². The van der Waals surface area contributed by atoms with Gasteiger partial charge in [-0.1, -0.05) is 0 Å². The maximum absolute atomic E-state index is 12.6. The fourth-order valence-electron chi connectivity index (χ4n) is 2.18. The first-order valence-corrected chi connectivity index (χ1v) is 6.25. The second-order valence-electron chi connectivity index (χ2n) is 4.67. The minimum Gasteiger partial charge on any atom is -0.363 e. The standard InChI is InChI=1S/C11H10F3N7O/c12-11(13,14)7-3-8-16-4-6(1-2-21(8)19-7)20-5-17-18-10(20)9(15)22/h3-6H,1-2H2,(H2,15,22). The maximum Gasteiger partial charge on any atom is 0.435 e. The van der Waals surface area contributed by atoms with Crippen molar-refractivity contribution in [1.82, 2.24) is 24.5 Å². The van der Waals surface area contributed by atoms with Gasteiger partial charge in [0.2, 0.25) is 5.82 Å². The Morgan fingerprint density at radius 3 is 2.86 bits per heavy atom. The van der Waals surface area contributed by atoms with Crippen molar-refractivity contribution < 1.29 is 18.0 Å². The van der Waals surface area contributed by atoms with E-state index >= 15 is 0 Å². The van der Waals surface area contributed by atoms with Gasteiger partial charge in [-0.2, -0.15) is 18.3 Å². The van der Waals surface area contributed by atoms with Gasteiger partial charge >= 0.3 is 6.18 Å². The lowest BCUT2D eigenvalue weighted by atomic mass is 10.2. The zero-order valence-corrected chi connectivity index (χ0v) is 11.0. The van der Waals surface area contributed by atoms with Gasteiger partial charge in [-0.25, -0.2) is 9.67 Å². The second kappa shape index (κ2) is 4.93. The number of aliphatic imine (C=N–C) groups is 1. The third-order valence-electron chi connectivity index (χ3n) is 3.22. The van der Waals surface area contributed by atoms with E-state index in [9.17, 15) is 18.0 Å². The minimum atomic E-state index is -4.51. The molecule has 0 bridgehead atoms. The van der Waals surface area contributed by atoms with E-state index in [2.05, 4.69) is 20.3 Å². The van der Waals surface area contributed by atoms with Gasteiger partial charge in [-0.3, -0.25) is 4.79 Å². The zero-order valence-electron chi connectivity index (χ0n) is 11.0. The number of aromatic nitrogens is 5. The number of nitrogens with zero attached hydrogens (tertiary/aromatic N) is 6. The molecule has 1 aliphatic rings. The number of hydrogen-bond donors (Lipinski definition) is 1. The van der Waals surface area contributed by atoms with E-state index in [0.717, 1.165) is 6.07 Å². The number of carbonyl (C=O) groups excluding carboxylic acids is 1. The van der Waals surface area contributed by atoms with Crippen molar-refractivity contribution in [2.24, 2.45) is 10.7 Å². The Balaban J connectivity index is 1.90. The van der Waals surface area contributed by atoms with E-state index < -0.39 is 23.8 Å². The molecule has 1 atom stereocenters. The first kappa shape index (κ1) is 14.2. The molecule has 0 fully saturated rings. The highest BCUT2D eigenvalue weighted by Gasteiger charge is 2.35. The van der Waals surface area contributed by atoms with Crippen molar-refractivity contribution in [3.05, 3.63) is 23.9 Å². The van der Waals surface area contributed by atoms with Crippen LogP contribution in [0.3, 0.4) is 0 Å². The number of primary amides is 1. The predicted molar refractivity (Wildman–Crippen MR) is 67.6 cm³/mol. The van der Waals surface area contributed by atoms with E-state index in [1.165, 1.54) is 21.8 Å². The fraction of sp³-hybridized carbons (Fsp3) is 0.364. The third-order valence-corrected chi connectivity index (χ3v) is 3.22. The maximum atomic E-state index is 12.6. The molecule has 1 unspecified atom stereocenters. The average molecular weight is 313 g/mol. The molecule has 0 saturated carbocycles. The van der Waals surface area contributed by atoms with Gasteiger partial charge in [0.05, 0.1) is 6.04 Å². The number of aryl methyl sites for hydroxylation is 1. The van der Waals surface area contributed by atoms with E-state index in [1.54, 1.807) is 0 Å². The number of rotatable bonds is 2. The van der Waals surface area contributed by atoms with Crippen molar-refractivity contribution in [2.75, 3.05) is 0 Å². The molecule has 116 valence electrons. The van der Waals surface area contributed by atoms with Gasteiger partial charge in [0, 0.05) is 18.8 Å². The number of halogens is 3. The number of amides is 1. The highest BCUT2D eigenvalue weighted by atomic mass is 19.4. The van der Waals surface area contributed by atoms with Crippen molar-refractivity contribution in [1.29, 1.82) is 0 Å². The van der Waals surface area contributed by atoms with Crippen LogP contribution in [0.25, 0.3) is 0 Å². The molecule has 0 spiro atoms. The quantitative estimate of drug-likeness (QED) is 0.890. The first-order valence-electron chi connectivity index (χ1n) is 6.25. The van der Waals surface area contributed by atoms with Gasteiger partial charge < -0.3 is 10.3 Å². The van der Waals surface area contributed by atoms with E-state index in [0.29, 0.717) is 6.42 Å². The molecule has 11 heteroatoms. The third kappa shape index (κ3) is 2.44. The summed E-state index contributed by atoms with van der Waals surface area (Å²) in [4.78, 5) is 15.3. The molecule has 0 saturated heterocycles. The predicted octanol–water partition coefficient (Wildman–Crippen LogP) is 0.940. The summed E-state index contributed by atoms with van der Waals surface area (Å²) in [6.07, 6.45) is -1.39. The van der Waals surface area contributed by atoms with Crippen molar-refractivity contribution in [3.63, 3.8) is 0 Å². The van der Waals surface area contributed by atoms with Crippen LogP contribution in [0.1, 0.15) is 28.8 Å². The minimum absolute atomic E-state index is 0.0352. The van der Waals surface area contributed by atoms with Crippen molar-refractivity contribution in [3.8, 4) is 0 Å². The summed E-state index contributed by atoms with van der Waals surface area (Å²) < 4.78 is 40.5. The molecule has 8 nitrogen and oxygen atoms in total. The highest BCUT2D eigenvalue weighted by molar-refractivity contribution is 5.89. The summed E-state index contributed by atoms with van der Waals surface area (Å²) in [6, 6.07) is 0.480. The Morgan fingerprint density at radius 1 is 1.41 bits per heavy atom. The van der Waals surface area contributed by atoms with Gasteiger partial charge in [0.25, 0.3) is 5.91 Å². The molecular weight excluding hydrogens is 303 g/mol. The second-order valence-corrected chi connectivity index (χ2v) is 4.67. The SMILES string of the molecule is NC(=O)c1nncn1C1C=Nc2cc(C(F)(F)F)nn2CC1.